The molecule has 1 fully saturated rings. The second kappa shape index (κ2) is 4.85. The van der Waals surface area contributed by atoms with Crippen molar-refractivity contribution >= 4 is 11.4 Å². The van der Waals surface area contributed by atoms with Gasteiger partial charge in [0.2, 0.25) is 0 Å². The Morgan fingerprint density at radius 3 is 2.67 bits per heavy atom. The highest BCUT2D eigenvalue weighted by Crippen LogP contribution is 2.32. The Balaban J connectivity index is 2.35. The third kappa shape index (κ3) is 2.26. The fourth-order valence-electron chi connectivity index (χ4n) is 2.18. The summed E-state index contributed by atoms with van der Waals surface area (Å²) >= 11 is 0. The van der Waals surface area contributed by atoms with Gasteiger partial charge in [0.05, 0.1) is 4.92 Å². The van der Waals surface area contributed by atoms with Gasteiger partial charge in [-0.15, -0.1) is 0 Å². The number of nitrogens with zero attached hydrogens (tertiary/aromatic N) is 1. The van der Waals surface area contributed by atoms with Gasteiger partial charge >= 0.3 is 0 Å². The van der Waals surface area contributed by atoms with E-state index in [2.05, 4.69) is 5.32 Å². The van der Waals surface area contributed by atoms with E-state index in [1.807, 2.05) is 0 Å². The lowest BCUT2D eigenvalue weighted by molar-refractivity contribution is -0.384. The smallest absolute Gasteiger partial charge is 0.295 e. The van der Waals surface area contributed by atoms with Gasteiger partial charge in [-0.2, -0.15) is 0 Å². The van der Waals surface area contributed by atoms with Crippen molar-refractivity contribution in [2.75, 3.05) is 5.32 Å². The third-order valence-electron chi connectivity index (χ3n) is 3.17. The molecule has 0 spiro atoms. The van der Waals surface area contributed by atoms with Crippen LogP contribution in [0.5, 0.6) is 0 Å². The van der Waals surface area contributed by atoms with Crippen LogP contribution in [0.3, 0.4) is 0 Å². The predicted molar refractivity (Wildman–Crippen MR) is 62.2 cm³/mol. The summed E-state index contributed by atoms with van der Waals surface area (Å²) in [5.41, 5.74) is 4.90. The SMILES string of the molecule is NC1CCCC1Nc1c([N+](=O)[O-])ccc(F)c1F. The van der Waals surface area contributed by atoms with Crippen molar-refractivity contribution < 1.29 is 13.7 Å². The summed E-state index contributed by atoms with van der Waals surface area (Å²) in [5.74, 6) is -2.35. The van der Waals surface area contributed by atoms with Crippen molar-refractivity contribution in [2.45, 2.75) is 31.3 Å². The molecule has 0 aromatic heterocycles. The normalized spacial score (nSPS) is 23.1. The average Bonchev–Trinajstić information content (AvgIpc) is 2.70. The summed E-state index contributed by atoms with van der Waals surface area (Å²) in [5, 5.41) is 13.5. The average molecular weight is 257 g/mol. The molecule has 0 bridgehead atoms. The van der Waals surface area contributed by atoms with Gasteiger partial charge < -0.3 is 11.1 Å². The number of nitro groups is 1. The van der Waals surface area contributed by atoms with Crippen LogP contribution in [-0.2, 0) is 0 Å². The first-order valence-electron chi connectivity index (χ1n) is 5.65. The van der Waals surface area contributed by atoms with E-state index in [1.165, 1.54) is 0 Å². The minimum absolute atomic E-state index is 0.202. The first kappa shape index (κ1) is 12.7. The number of hydrogen-bond acceptors (Lipinski definition) is 4. The van der Waals surface area contributed by atoms with E-state index in [0.717, 1.165) is 25.0 Å². The van der Waals surface area contributed by atoms with E-state index in [-0.39, 0.29) is 12.1 Å². The third-order valence-corrected chi connectivity index (χ3v) is 3.17. The molecular weight excluding hydrogens is 244 g/mol. The molecule has 98 valence electrons. The molecule has 1 saturated carbocycles. The molecule has 18 heavy (non-hydrogen) atoms. The highest BCUT2D eigenvalue weighted by Gasteiger charge is 2.29. The molecule has 2 unspecified atom stereocenters. The molecule has 3 N–H and O–H groups in total. The van der Waals surface area contributed by atoms with E-state index in [1.54, 1.807) is 0 Å². The van der Waals surface area contributed by atoms with Crippen molar-refractivity contribution in [3.05, 3.63) is 33.9 Å². The number of anilines is 1. The van der Waals surface area contributed by atoms with Crippen molar-refractivity contribution in [2.24, 2.45) is 5.73 Å². The second-order valence-corrected chi connectivity index (χ2v) is 4.36. The first-order chi connectivity index (χ1) is 8.50. The van der Waals surface area contributed by atoms with Crippen LogP contribution in [0.4, 0.5) is 20.2 Å². The van der Waals surface area contributed by atoms with E-state index >= 15 is 0 Å². The van der Waals surface area contributed by atoms with Gasteiger partial charge in [0.15, 0.2) is 17.3 Å². The summed E-state index contributed by atoms with van der Waals surface area (Å²) in [6, 6.07) is 1.22. The second-order valence-electron chi connectivity index (χ2n) is 4.36. The Labute approximate surface area is 102 Å². The molecule has 2 atom stereocenters. The number of nitrogens with one attached hydrogen (secondary N) is 1. The highest BCUT2D eigenvalue weighted by molar-refractivity contribution is 5.63. The van der Waals surface area contributed by atoms with Crippen molar-refractivity contribution in [3.63, 3.8) is 0 Å². The van der Waals surface area contributed by atoms with Crippen LogP contribution in [0.15, 0.2) is 12.1 Å². The molecule has 2 rings (SSSR count). The number of benzene rings is 1. The van der Waals surface area contributed by atoms with Crippen molar-refractivity contribution in [1.29, 1.82) is 0 Å². The molecule has 0 aliphatic heterocycles. The Morgan fingerprint density at radius 1 is 1.39 bits per heavy atom. The Morgan fingerprint density at radius 2 is 2.11 bits per heavy atom. The number of nitrogens with two attached hydrogens (primary N) is 1. The fourth-order valence-corrected chi connectivity index (χ4v) is 2.18. The maximum absolute atomic E-state index is 13.6. The van der Waals surface area contributed by atoms with Crippen molar-refractivity contribution in [1.82, 2.24) is 0 Å². The van der Waals surface area contributed by atoms with Crippen LogP contribution in [0.1, 0.15) is 19.3 Å². The Hall–Kier alpha value is -1.76. The van der Waals surface area contributed by atoms with Gasteiger partial charge in [-0.3, -0.25) is 10.1 Å². The minimum atomic E-state index is -1.23. The molecule has 0 radical (unpaired) electrons. The summed E-state index contributed by atoms with van der Waals surface area (Å²) in [6.07, 6.45) is 2.32. The molecular formula is C11H13F2N3O2. The summed E-state index contributed by atoms with van der Waals surface area (Å²) in [7, 11) is 0. The van der Waals surface area contributed by atoms with Gasteiger partial charge in [0.25, 0.3) is 5.69 Å². The topological polar surface area (TPSA) is 81.2 Å². The lowest BCUT2D eigenvalue weighted by Crippen LogP contribution is -2.35. The van der Waals surface area contributed by atoms with Crippen LogP contribution in [0, 0.1) is 21.7 Å². The van der Waals surface area contributed by atoms with E-state index < -0.39 is 27.9 Å². The zero-order valence-corrected chi connectivity index (χ0v) is 9.53. The fraction of sp³-hybridized carbons (Fsp3) is 0.455. The standard InChI is InChI=1S/C11H13F2N3O2/c12-6-4-5-9(16(17)18)11(10(6)13)15-8-3-1-2-7(8)14/h4-5,7-8,15H,1-3,14H2. The molecule has 5 nitrogen and oxygen atoms in total. The maximum Gasteiger partial charge on any atom is 0.295 e. The van der Waals surface area contributed by atoms with Crippen LogP contribution >= 0.6 is 0 Å². The quantitative estimate of drug-likeness (QED) is 0.642. The van der Waals surface area contributed by atoms with Crippen LogP contribution < -0.4 is 11.1 Å². The van der Waals surface area contributed by atoms with Crippen LogP contribution in [0.25, 0.3) is 0 Å². The zero-order valence-electron chi connectivity index (χ0n) is 9.53. The number of halogens is 2. The molecule has 0 heterocycles. The summed E-state index contributed by atoms with van der Waals surface area (Å²) in [6.45, 7) is 0. The molecule has 1 aliphatic carbocycles. The zero-order chi connectivity index (χ0) is 13.3. The molecule has 1 aliphatic rings. The largest absolute Gasteiger partial charge is 0.373 e. The number of hydrogen-bond donors (Lipinski definition) is 2. The van der Waals surface area contributed by atoms with Gasteiger partial charge in [-0.05, 0) is 25.3 Å². The van der Waals surface area contributed by atoms with E-state index in [0.29, 0.717) is 6.42 Å². The van der Waals surface area contributed by atoms with Crippen molar-refractivity contribution in [3.8, 4) is 0 Å². The Bertz CT molecular complexity index is 482. The van der Waals surface area contributed by atoms with Gasteiger partial charge in [0, 0.05) is 18.2 Å². The van der Waals surface area contributed by atoms with E-state index in [9.17, 15) is 18.9 Å². The monoisotopic (exact) mass is 257 g/mol. The molecule has 1 aromatic carbocycles. The van der Waals surface area contributed by atoms with E-state index in [4.69, 9.17) is 5.73 Å². The molecule has 7 heteroatoms. The van der Waals surface area contributed by atoms with Crippen LogP contribution in [-0.4, -0.2) is 17.0 Å². The maximum atomic E-state index is 13.6. The number of nitro benzene ring substituents is 1. The molecule has 0 saturated heterocycles. The Kier molecular flexibility index (Phi) is 3.42. The minimum Gasteiger partial charge on any atom is -0.373 e. The summed E-state index contributed by atoms with van der Waals surface area (Å²) in [4.78, 5) is 10.0. The van der Waals surface area contributed by atoms with Gasteiger partial charge in [-0.25, -0.2) is 8.78 Å². The van der Waals surface area contributed by atoms with Crippen LogP contribution in [0.2, 0.25) is 0 Å². The molecule has 0 amide bonds. The number of rotatable bonds is 3. The first-order valence-corrected chi connectivity index (χ1v) is 5.65. The summed E-state index contributed by atoms with van der Waals surface area (Å²) < 4.78 is 26.7. The lowest BCUT2D eigenvalue weighted by Gasteiger charge is -2.18. The van der Waals surface area contributed by atoms with Gasteiger partial charge in [-0.1, -0.05) is 0 Å². The van der Waals surface area contributed by atoms with Gasteiger partial charge in [0.1, 0.15) is 0 Å². The highest BCUT2D eigenvalue weighted by atomic mass is 19.2. The molecule has 1 aromatic rings. The lowest BCUT2D eigenvalue weighted by atomic mass is 10.1. The predicted octanol–water partition coefficient (Wildman–Crippen LogP) is 2.16.